The predicted octanol–water partition coefficient (Wildman–Crippen LogP) is -0.284. The summed E-state index contributed by atoms with van der Waals surface area (Å²) in [7, 11) is 0. The molecule has 1 atom stereocenters. The van der Waals surface area contributed by atoms with Crippen LogP contribution in [0.5, 0.6) is 0 Å². The van der Waals surface area contributed by atoms with E-state index in [9.17, 15) is 0 Å². The number of hydrazine groups is 1. The average Bonchev–Trinajstić information content (AvgIpc) is 2.62. The van der Waals surface area contributed by atoms with Crippen LogP contribution in [-0.4, -0.2) is 5.84 Å². The molecule has 80 valence electrons. The molecule has 0 fully saturated rings. The second kappa shape index (κ2) is 3.88. The molecule has 0 radical (unpaired) electrons. The monoisotopic (exact) mass is 205 g/mol. The first kappa shape index (κ1) is 9.95. The van der Waals surface area contributed by atoms with E-state index in [-0.39, 0.29) is 6.04 Å². The van der Waals surface area contributed by atoms with Gasteiger partial charge < -0.3 is 17.0 Å². The van der Waals surface area contributed by atoms with Gasteiger partial charge in [-0.15, -0.1) is 0 Å². The smallest absolute Gasteiger partial charge is 0.166 e. The molecule has 5 nitrogen and oxygen atoms in total. The van der Waals surface area contributed by atoms with Crippen LogP contribution in [0.1, 0.15) is 29.2 Å². The number of nitrogens with one attached hydrogen (secondary N) is 1. The first-order valence-corrected chi connectivity index (χ1v) is 4.89. The van der Waals surface area contributed by atoms with Crippen molar-refractivity contribution in [3.8, 4) is 0 Å². The van der Waals surface area contributed by atoms with Crippen LogP contribution < -0.4 is 22.8 Å². The van der Waals surface area contributed by atoms with E-state index in [1.54, 1.807) is 0 Å². The van der Waals surface area contributed by atoms with Crippen molar-refractivity contribution in [3.63, 3.8) is 0 Å². The van der Waals surface area contributed by atoms with Crippen LogP contribution in [0.15, 0.2) is 23.3 Å². The summed E-state index contributed by atoms with van der Waals surface area (Å²) in [5.41, 5.74) is 11.8. The number of rotatable bonds is 1. The van der Waals surface area contributed by atoms with E-state index in [2.05, 4.69) is 10.5 Å². The van der Waals surface area contributed by atoms with E-state index in [4.69, 9.17) is 17.4 Å². The fourth-order valence-corrected chi connectivity index (χ4v) is 1.99. The fraction of sp³-hybridized carbons (Fsp3) is 0.300. The van der Waals surface area contributed by atoms with Crippen molar-refractivity contribution in [2.75, 3.05) is 0 Å². The van der Waals surface area contributed by atoms with Crippen molar-refractivity contribution in [2.24, 2.45) is 22.5 Å². The molecular weight excluding hydrogens is 190 g/mol. The number of amidine groups is 1. The third kappa shape index (κ3) is 1.67. The normalized spacial score (nSPS) is 20.1. The van der Waals surface area contributed by atoms with Crippen LogP contribution in [-0.2, 0) is 6.42 Å². The van der Waals surface area contributed by atoms with Gasteiger partial charge in [-0.1, -0.05) is 12.1 Å². The maximum atomic E-state index is 5.94. The number of nitrogens with zero attached hydrogens (tertiary/aromatic N) is 1. The maximum absolute atomic E-state index is 5.94. The summed E-state index contributed by atoms with van der Waals surface area (Å²) >= 11 is 0. The Bertz CT molecular complexity index is 399. The van der Waals surface area contributed by atoms with Crippen LogP contribution >= 0.6 is 0 Å². The lowest BCUT2D eigenvalue weighted by molar-refractivity contribution is 0.713. The summed E-state index contributed by atoms with van der Waals surface area (Å²) in [5, 5.41) is 3.57. The molecule has 0 saturated heterocycles. The Balaban J connectivity index is 2.38. The topological polar surface area (TPSA) is 102 Å². The minimum absolute atomic E-state index is 0.165. The number of benzene rings is 1. The zero-order valence-corrected chi connectivity index (χ0v) is 8.40. The largest absolute Gasteiger partial charge is 0.324 e. The van der Waals surface area contributed by atoms with Crippen molar-refractivity contribution in [1.82, 2.24) is 5.43 Å². The predicted molar refractivity (Wildman–Crippen MR) is 59.7 cm³/mol. The molecule has 0 heterocycles. The summed E-state index contributed by atoms with van der Waals surface area (Å²) in [6.45, 7) is 0. The van der Waals surface area contributed by atoms with Crippen LogP contribution in [0.4, 0.5) is 0 Å². The summed E-state index contributed by atoms with van der Waals surface area (Å²) in [6, 6.07) is 6.15. The number of hydrazone groups is 1. The van der Waals surface area contributed by atoms with Crippen molar-refractivity contribution < 1.29 is 0 Å². The quantitative estimate of drug-likeness (QED) is 0.219. The summed E-state index contributed by atoms with van der Waals surface area (Å²) < 4.78 is 0. The maximum Gasteiger partial charge on any atom is 0.166 e. The molecule has 0 unspecified atom stereocenters. The molecule has 15 heavy (non-hydrogen) atoms. The third-order valence-corrected chi connectivity index (χ3v) is 2.81. The first-order chi connectivity index (χ1) is 7.26. The molecule has 1 aliphatic rings. The van der Waals surface area contributed by atoms with Gasteiger partial charge in [0.2, 0.25) is 0 Å². The van der Waals surface area contributed by atoms with Gasteiger partial charge in [0.1, 0.15) is 0 Å². The van der Waals surface area contributed by atoms with E-state index in [1.165, 1.54) is 11.1 Å². The number of hydrogen-bond donors (Lipinski definition) is 4. The van der Waals surface area contributed by atoms with Crippen molar-refractivity contribution in [3.05, 3.63) is 34.9 Å². The van der Waals surface area contributed by atoms with Crippen LogP contribution in [0, 0.1) is 0 Å². The molecule has 7 N–H and O–H groups in total. The van der Waals surface area contributed by atoms with Gasteiger partial charge in [-0.05, 0) is 30.0 Å². The zero-order valence-electron chi connectivity index (χ0n) is 8.40. The van der Waals surface area contributed by atoms with Crippen LogP contribution in [0.2, 0.25) is 0 Å². The number of hydrogen-bond acceptors (Lipinski definition) is 4. The Hall–Kier alpha value is -1.59. The van der Waals surface area contributed by atoms with Crippen LogP contribution in [0.25, 0.3) is 0 Å². The van der Waals surface area contributed by atoms with Crippen molar-refractivity contribution in [1.29, 1.82) is 0 Å². The lowest BCUT2D eigenvalue weighted by Gasteiger charge is -2.08. The molecule has 0 amide bonds. The lowest BCUT2D eigenvalue weighted by atomic mass is 10.0. The van der Waals surface area contributed by atoms with Crippen LogP contribution in [0.3, 0.4) is 0 Å². The number of aryl methyl sites for hydroxylation is 1. The molecule has 2 rings (SSSR count). The summed E-state index contributed by atoms with van der Waals surface area (Å²) in [4.78, 5) is 0. The molecule has 0 bridgehead atoms. The summed E-state index contributed by atoms with van der Waals surface area (Å²) in [6.07, 6.45) is 2.01. The Morgan fingerprint density at radius 3 is 2.93 bits per heavy atom. The Labute approximate surface area is 88.3 Å². The number of nitrogens with two attached hydrogens (primary N) is 3. The second-order valence-electron chi connectivity index (χ2n) is 3.68. The van der Waals surface area contributed by atoms with Gasteiger partial charge in [0.05, 0.1) is 0 Å². The van der Waals surface area contributed by atoms with Crippen molar-refractivity contribution in [2.45, 2.75) is 18.9 Å². The minimum atomic E-state index is 0.165. The SMILES string of the molecule is N/N=C(\NN)c1ccc2c(c1)CC[C@@H]2N. The standard InChI is InChI=1S/C10H15N5/c11-9-4-2-6-5-7(1-3-8(6)9)10(14-12)15-13/h1,3,5,9H,2,4,11-13H2,(H,14,15)/t9-/m0/s1. The van der Waals surface area contributed by atoms with Crippen molar-refractivity contribution >= 4 is 5.84 Å². The highest BCUT2D eigenvalue weighted by Gasteiger charge is 2.19. The second-order valence-corrected chi connectivity index (χ2v) is 3.68. The van der Waals surface area contributed by atoms with Gasteiger partial charge in [-0.3, -0.25) is 0 Å². The number of fused-ring (bicyclic) bond motifs is 1. The Morgan fingerprint density at radius 1 is 1.47 bits per heavy atom. The molecule has 0 aliphatic heterocycles. The molecular formula is C10H15N5. The van der Waals surface area contributed by atoms with E-state index in [0.29, 0.717) is 5.84 Å². The van der Waals surface area contributed by atoms with E-state index < -0.39 is 0 Å². The first-order valence-electron chi connectivity index (χ1n) is 4.89. The Kier molecular flexibility index (Phi) is 2.57. The van der Waals surface area contributed by atoms with E-state index in [0.717, 1.165) is 18.4 Å². The fourth-order valence-electron chi connectivity index (χ4n) is 1.99. The van der Waals surface area contributed by atoms with Gasteiger partial charge in [0.25, 0.3) is 0 Å². The zero-order chi connectivity index (χ0) is 10.8. The van der Waals surface area contributed by atoms with E-state index in [1.807, 2.05) is 18.2 Å². The Morgan fingerprint density at radius 2 is 2.27 bits per heavy atom. The molecule has 5 heteroatoms. The highest BCUT2D eigenvalue weighted by atomic mass is 15.3. The average molecular weight is 205 g/mol. The highest BCUT2D eigenvalue weighted by Crippen LogP contribution is 2.29. The molecule has 0 aromatic heterocycles. The summed E-state index contributed by atoms with van der Waals surface area (Å²) in [5.74, 6) is 11.0. The molecule has 0 saturated carbocycles. The molecule has 1 aromatic carbocycles. The molecule has 1 aliphatic carbocycles. The van der Waals surface area contributed by atoms with Gasteiger partial charge in [0, 0.05) is 11.6 Å². The van der Waals surface area contributed by atoms with Gasteiger partial charge in [-0.2, -0.15) is 5.10 Å². The minimum Gasteiger partial charge on any atom is -0.324 e. The van der Waals surface area contributed by atoms with Gasteiger partial charge in [0.15, 0.2) is 5.84 Å². The van der Waals surface area contributed by atoms with E-state index >= 15 is 0 Å². The third-order valence-electron chi connectivity index (χ3n) is 2.81. The lowest BCUT2D eigenvalue weighted by Crippen LogP contribution is -2.32. The molecule has 0 spiro atoms. The van der Waals surface area contributed by atoms with Gasteiger partial charge in [-0.25, -0.2) is 5.84 Å². The van der Waals surface area contributed by atoms with Gasteiger partial charge >= 0.3 is 0 Å². The highest BCUT2D eigenvalue weighted by molar-refractivity contribution is 5.98. The molecule has 1 aromatic rings.